The van der Waals surface area contributed by atoms with Gasteiger partial charge in [-0.25, -0.2) is 18.0 Å². The lowest BCUT2D eigenvalue weighted by atomic mass is 10.1. The van der Waals surface area contributed by atoms with Crippen molar-refractivity contribution in [3.63, 3.8) is 0 Å². The van der Waals surface area contributed by atoms with Gasteiger partial charge in [-0.1, -0.05) is 17.3 Å². The van der Waals surface area contributed by atoms with Crippen LogP contribution in [0.25, 0.3) is 10.2 Å². The maximum Gasteiger partial charge on any atom is 0.341 e. The van der Waals surface area contributed by atoms with Crippen LogP contribution in [0.4, 0.5) is 5.00 Å². The number of amides is 2. The standard InChI is InChI=1S/C26H25N3O8S3/c1-4-11-29-17-10-9-15(24(32)37-5-2)12-19(17)39-26(29)28-21(31)14-40(34,35)13-20(30)27-23-22(25(33)36-3)16-7-6-8-18(16)38-23/h1,9-10,12H,5-8,11,13-14H2,2-3H3,(H,27,30). The van der Waals surface area contributed by atoms with Gasteiger partial charge < -0.3 is 19.4 Å². The van der Waals surface area contributed by atoms with E-state index >= 15 is 0 Å². The van der Waals surface area contributed by atoms with Crippen molar-refractivity contribution in [1.29, 1.82) is 0 Å². The van der Waals surface area contributed by atoms with Crippen LogP contribution >= 0.6 is 22.7 Å². The average Bonchev–Trinajstić information content (AvgIpc) is 3.56. The molecule has 0 saturated heterocycles. The third kappa shape index (κ3) is 6.33. The number of carbonyl (C=O) groups excluding carboxylic acids is 4. The maximum absolute atomic E-state index is 12.7. The summed E-state index contributed by atoms with van der Waals surface area (Å²) in [4.78, 5) is 54.7. The molecule has 4 rings (SSSR count). The van der Waals surface area contributed by atoms with E-state index in [1.54, 1.807) is 29.7 Å². The number of sulfone groups is 1. The van der Waals surface area contributed by atoms with Crippen LogP contribution in [0.5, 0.6) is 0 Å². The van der Waals surface area contributed by atoms with E-state index in [-0.39, 0.29) is 28.5 Å². The second-order valence-corrected chi connectivity index (χ2v) is 12.9. The molecule has 11 nitrogen and oxygen atoms in total. The van der Waals surface area contributed by atoms with Gasteiger partial charge in [0.15, 0.2) is 14.6 Å². The lowest BCUT2D eigenvalue weighted by molar-refractivity contribution is -0.115. The number of anilines is 1. The van der Waals surface area contributed by atoms with Gasteiger partial charge in [0, 0.05) is 4.88 Å². The van der Waals surface area contributed by atoms with Gasteiger partial charge in [-0.15, -0.1) is 17.8 Å². The highest BCUT2D eigenvalue weighted by molar-refractivity contribution is 7.92. The number of nitrogens with one attached hydrogen (secondary N) is 1. The molecular weight excluding hydrogens is 579 g/mol. The van der Waals surface area contributed by atoms with E-state index in [0.29, 0.717) is 22.2 Å². The molecule has 1 aromatic carbocycles. The molecule has 0 radical (unpaired) electrons. The van der Waals surface area contributed by atoms with Crippen LogP contribution in [0.1, 0.15) is 44.5 Å². The van der Waals surface area contributed by atoms with Crippen molar-refractivity contribution >= 4 is 71.5 Å². The number of ether oxygens (including phenoxy) is 2. The fourth-order valence-electron chi connectivity index (χ4n) is 4.29. The molecule has 1 aliphatic rings. The number of hydrogen-bond donors (Lipinski definition) is 1. The van der Waals surface area contributed by atoms with Crippen molar-refractivity contribution in [1.82, 2.24) is 4.57 Å². The summed E-state index contributed by atoms with van der Waals surface area (Å²) in [6, 6.07) is 4.78. The summed E-state index contributed by atoms with van der Waals surface area (Å²) in [6.45, 7) is 1.95. The Morgan fingerprint density at radius 3 is 2.62 bits per heavy atom. The highest BCUT2D eigenvalue weighted by Gasteiger charge is 2.29. The van der Waals surface area contributed by atoms with Gasteiger partial charge >= 0.3 is 11.9 Å². The topological polar surface area (TPSA) is 150 Å². The molecule has 2 heterocycles. The highest BCUT2D eigenvalue weighted by Crippen LogP contribution is 2.39. The first-order chi connectivity index (χ1) is 19.1. The molecule has 0 atom stereocenters. The lowest BCUT2D eigenvalue weighted by Crippen LogP contribution is -2.28. The zero-order valence-electron chi connectivity index (χ0n) is 21.6. The van der Waals surface area contributed by atoms with Crippen LogP contribution in [-0.2, 0) is 48.3 Å². The van der Waals surface area contributed by atoms with Gasteiger partial charge in [-0.05, 0) is 49.9 Å². The molecule has 14 heteroatoms. The number of thiophene rings is 1. The molecule has 3 aromatic rings. The quantitative estimate of drug-likeness (QED) is 0.289. The number of hydrogen-bond acceptors (Lipinski definition) is 10. The van der Waals surface area contributed by atoms with Gasteiger partial charge in [0.05, 0.1) is 41.6 Å². The van der Waals surface area contributed by atoms with E-state index < -0.39 is 45.1 Å². The predicted octanol–water partition coefficient (Wildman–Crippen LogP) is 2.33. The molecule has 1 aliphatic carbocycles. The maximum atomic E-state index is 12.7. The molecule has 2 aromatic heterocycles. The number of terminal acetylenes is 1. The minimum Gasteiger partial charge on any atom is -0.465 e. The van der Waals surface area contributed by atoms with Crippen LogP contribution in [0.2, 0.25) is 0 Å². The van der Waals surface area contributed by atoms with Crippen LogP contribution in [0.3, 0.4) is 0 Å². The summed E-state index contributed by atoms with van der Waals surface area (Å²) in [5, 5.41) is 2.73. The van der Waals surface area contributed by atoms with Gasteiger partial charge in [-0.2, -0.15) is 4.99 Å². The fraction of sp³-hybridized carbons (Fsp3) is 0.346. The largest absolute Gasteiger partial charge is 0.465 e. The summed E-state index contributed by atoms with van der Waals surface area (Å²) in [6.07, 6.45) is 7.78. The third-order valence-corrected chi connectivity index (χ3v) is 9.56. The van der Waals surface area contributed by atoms with Crippen LogP contribution in [0, 0.1) is 12.3 Å². The zero-order chi connectivity index (χ0) is 29.0. The highest BCUT2D eigenvalue weighted by atomic mass is 32.2. The van der Waals surface area contributed by atoms with Crippen molar-refractivity contribution in [3.05, 3.63) is 44.6 Å². The minimum atomic E-state index is -4.21. The van der Waals surface area contributed by atoms with Crippen molar-refractivity contribution in [2.45, 2.75) is 32.7 Å². The van der Waals surface area contributed by atoms with E-state index in [1.807, 2.05) is 0 Å². The van der Waals surface area contributed by atoms with Crippen molar-refractivity contribution < 1.29 is 37.1 Å². The summed E-state index contributed by atoms with van der Waals surface area (Å²) in [7, 11) is -2.97. The average molecular weight is 604 g/mol. The molecule has 2 amide bonds. The molecule has 210 valence electrons. The van der Waals surface area contributed by atoms with E-state index in [9.17, 15) is 27.6 Å². The molecule has 0 spiro atoms. The third-order valence-electron chi connectivity index (χ3n) is 5.92. The Kier molecular flexibility index (Phi) is 8.87. The SMILES string of the molecule is C#CCn1c(=NC(=O)CS(=O)(=O)CC(=O)Nc2sc3c(c2C(=O)OC)CCC3)sc2cc(C(=O)OCC)ccc21. The van der Waals surface area contributed by atoms with Crippen LogP contribution < -0.4 is 10.1 Å². The Morgan fingerprint density at radius 2 is 1.93 bits per heavy atom. The second kappa shape index (κ2) is 12.2. The number of esters is 2. The number of thiazole rings is 1. The van der Waals surface area contributed by atoms with Crippen LogP contribution in [0.15, 0.2) is 23.2 Å². The molecule has 0 saturated carbocycles. The summed E-state index contributed by atoms with van der Waals surface area (Å²) in [5.74, 6) is -2.50. The Morgan fingerprint density at radius 1 is 1.15 bits per heavy atom. The number of rotatable bonds is 9. The Hall–Kier alpha value is -3.80. The first-order valence-electron chi connectivity index (χ1n) is 12.1. The van der Waals surface area contributed by atoms with E-state index in [4.69, 9.17) is 15.9 Å². The number of carbonyl (C=O) groups is 4. The Balaban J connectivity index is 1.52. The van der Waals surface area contributed by atoms with Crippen molar-refractivity contribution in [2.75, 3.05) is 30.5 Å². The Bertz CT molecular complexity index is 1740. The van der Waals surface area contributed by atoms with E-state index in [2.05, 4.69) is 16.2 Å². The van der Waals surface area contributed by atoms with Gasteiger partial charge in [0.25, 0.3) is 5.91 Å². The number of aromatic nitrogens is 1. The predicted molar refractivity (Wildman–Crippen MR) is 150 cm³/mol. The number of methoxy groups -OCH3 is 1. The van der Waals surface area contributed by atoms with E-state index in [0.717, 1.165) is 34.6 Å². The van der Waals surface area contributed by atoms with Gasteiger partial charge in [0.1, 0.15) is 16.5 Å². The minimum absolute atomic E-state index is 0.0489. The smallest absolute Gasteiger partial charge is 0.341 e. The van der Waals surface area contributed by atoms with Gasteiger partial charge in [0.2, 0.25) is 5.91 Å². The summed E-state index contributed by atoms with van der Waals surface area (Å²) >= 11 is 2.27. The molecular formula is C26H25N3O8S3. The lowest BCUT2D eigenvalue weighted by Gasteiger charge is -2.07. The molecule has 0 unspecified atom stereocenters. The Labute approximate surface area is 237 Å². The molecule has 0 bridgehead atoms. The summed E-state index contributed by atoms with van der Waals surface area (Å²) < 4.78 is 37.4. The number of fused-ring (bicyclic) bond motifs is 2. The number of benzene rings is 1. The van der Waals surface area contributed by atoms with Crippen LogP contribution in [-0.4, -0.2) is 62.0 Å². The molecule has 1 N–H and O–H groups in total. The van der Waals surface area contributed by atoms with Crippen molar-refractivity contribution in [3.8, 4) is 12.3 Å². The van der Waals surface area contributed by atoms with Crippen molar-refractivity contribution in [2.24, 2.45) is 4.99 Å². The monoisotopic (exact) mass is 603 g/mol. The number of aryl methyl sites for hydroxylation is 1. The molecule has 40 heavy (non-hydrogen) atoms. The summed E-state index contributed by atoms with van der Waals surface area (Å²) in [5.41, 5.74) is 1.96. The first-order valence-corrected chi connectivity index (χ1v) is 15.6. The normalized spacial score (nSPS) is 13.1. The zero-order valence-corrected chi connectivity index (χ0v) is 24.1. The number of nitrogens with zero attached hydrogens (tertiary/aromatic N) is 2. The molecule has 0 aliphatic heterocycles. The van der Waals surface area contributed by atoms with Gasteiger partial charge in [-0.3, -0.25) is 9.59 Å². The fourth-order valence-corrected chi connectivity index (χ4v) is 7.69. The first kappa shape index (κ1) is 29.2. The van der Waals surface area contributed by atoms with E-state index in [1.165, 1.54) is 18.4 Å². The second-order valence-electron chi connectivity index (χ2n) is 8.72. The molecule has 0 fully saturated rings.